The zero-order valence-electron chi connectivity index (χ0n) is 12.1. The first-order valence-corrected chi connectivity index (χ1v) is 8.36. The van der Waals surface area contributed by atoms with Crippen molar-refractivity contribution < 1.29 is 9.59 Å². The third-order valence-electron chi connectivity index (χ3n) is 3.17. The second kappa shape index (κ2) is 8.05. The molecule has 1 heterocycles. The minimum atomic E-state index is -0.165. The van der Waals surface area contributed by atoms with E-state index < -0.39 is 0 Å². The summed E-state index contributed by atoms with van der Waals surface area (Å²) in [5.41, 5.74) is 1.22. The predicted octanol–water partition coefficient (Wildman–Crippen LogP) is 1.47. The number of carbonyl (C=O) groups excluding carboxylic acids is 2. The molecule has 1 fully saturated rings. The van der Waals surface area contributed by atoms with E-state index in [0.29, 0.717) is 17.8 Å². The van der Waals surface area contributed by atoms with Gasteiger partial charge < -0.3 is 16.0 Å². The average molecular weight is 307 g/mol. The van der Waals surface area contributed by atoms with E-state index in [9.17, 15) is 9.59 Å². The molecule has 0 radical (unpaired) electrons. The summed E-state index contributed by atoms with van der Waals surface area (Å²) in [7, 11) is 0. The highest BCUT2D eigenvalue weighted by Gasteiger charge is 2.21. The summed E-state index contributed by atoms with van der Waals surface area (Å²) in [6, 6.07) is 6.86. The Morgan fingerprint density at radius 3 is 3.00 bits per heavy atom. The van der Waals surface area contributed by atoms with Crippen molar-refractivity contribution in [3.63, 3.8) is 0 Å². The smallest absolute Gasteiger partial charge is 0.251 e. The van der Waals surface area contributed by atoms with Crippen LogP contribution in [-0.4, -0.2) is 42.5 Å². The van der Waals surface area contributed by atoms with Crippen molar-refractivity contribution in [1.82, 2.24) is 10.6 Å². The number of amides is 2. The SMILES string of the molecule is CCCNC(=O)c1cccc(NC(=O)C2CSCCN2)c1. The fourth-order valence-corrected chi connectivity index (χ4v) is 2.98. The van der Waals surface area contributed by atoms with E-state index in [1.54, 1.807) is 36.0 Å². The lowest BCUT2D eigenvalue weighted by Crippen LogP contribution is -2.46. The lowest BCUT2D eigenvalue weighted by molar-refractivity contribution is -0.117. The Balaban J connectivity index is 1.96. The first-order chi connectivity index (χ1) is 10.2. The molecule has 1 aliphatic heterocycles. The van der Waals surface area contributed by atoms with Gasteiger partial charge >= 0.3 is 0 Å². The van der Waals surface area contributed by atoms with Crippen LogP contribution < -0.4 is 16.0 Å². The molecule has 1 aromatic carbocycles. The third-order valence-corrected chi connectivity index (χ3v) is 4.23. The number of anilines is 1. The minimum Gasteiger partial charge on any atom is -0.352 e. The zero-order valence-corrected chi connectivity index (χ0v) is 13.0. The first-order valence-electron chi connectivity index (χ1n) is 7.21. The van der Waals surface area contributed by atoms with E-state index in [0.717, 1.165) is 24.5 Å². The van der Waals surface area contributed by atoms with Crippen molar-refractivity contribution in [1.29, 1.82) is 0 Å². The number of rotatable bonds is 5. The lowest BCUT2D eigenvalue weighted by atomic mass is 10.1. The van der Waals surface area contributed by atoms with E-state index >= 15 is 0 Å². The van der Waals surface area contributed by atoms with Gasteiger partial charge in [0.15, 0.2) is 0 Å². The van der Waals surface area contributed by atoms with Crippen molar-refractivity contribution in [3.8, 4) is 0 Å². The van der Waals surface area contributed by atoms with Gasteiger partial charge in [0.05, 0.1) is 6.04 Å². The van der Waals surface area contributed by atoms with Gasteiger partial charge in [-0.15, -0.1) is 0 Å². The number of thioether (sulfide) groups is 1. The monoisotopic (exact) mass is 307 g/mol. The van der Waals surface area contributed by atoms with Gasteiger partial charge in [-0.05, 0) is 24.6 Å². The van der Waals surface area contributed by atoms with Gasteiger partial charge in [0.1, 0.15) is 0 Å². The maximum absolute atomic E-state index is 12.1. The van der Waals surface area contributed by atoms with Crippen LogP contribution >= 0.6 is 11.8 Å². The van der Waals surface area contributed by atoms with Gasteiger partial charge in [-0.25, -0.2) is 0 Å². The molecular weight excluding hydrogens is 286 g/mol. The van der Waals surface area contributed by atoms with Gasteiger partial charge in [-0.2, -0.15) is 11.8 Å². The van der Waals surface area contributed by atoms with Gasteiger partial charge in [0, 0.05) is 35.8 Å². The highest BCUT2D eigenvalue weighted by atomic mass is 32.2. The summed E-state index contributed by atoms with van der Waals surface area (Å²) in [6.07, 6.45) is 0.896. The van der Waals surface area contributed by atoms with Crippen LogP contribution in [0.15, 0.2) is 24.3 Å². The Morgan fingerprint density at radius 2 is 2.29 bits per heavy atom. The summed E-state index contributed by atoms with van der Waals surface area (Å²) in [4.78, 5) is 24.0. The standard InChI is InChI=1S/C15H21N3O2S/c1-2-6-17-14(19)11-4-3-5-12(9-11)18-15(20)13-10-21-8-7-16-13/h3-5,9,13,16H,2,6-8,10H2,1H3,(H,17,19)(H,18,20). The number of nitrogens with one attached hydrogen (secondary N) is 3. The van der Waals surface area contributed by atoms with Crippen LogP contribution in [-0.2, 0) is 4.79 Å². The normalized spacial score (nSPS) is 18.0. The number of hydrogen-bond acceptors (Lipinski definition) is 4. The lowest BCUT2D eigenvalue weighted by Gasteiger charge is -2.22. The molecule has 114 valence electrons. The van der Waals surface area contributed by atoms with Gasteiger partial charge in [-0.3, -0.25) is 9.59 Å². The number of hydrogen-bond donors (Lipinski definition) is 3. The predicted molar refractivity (Wildman–Crippen MR) is 86.8 cm³/mol. The highest BCUT2D eigenvalue weighted by Crippen LogP contribution is 2.13. The summed E-state index contributed by atoms with van der Waals surface area (Å²) in [6.45, 7) is 3.51. The van der Waals surface area contributed by atoms with Crippen molar-refractivity contribution in [2.75, 3.05) is 29.9 Å². The molecule has 0 spiro atoms. The Labute approximate surface area is 129 Å². The van der Waals surface area contributed by atoms with Gasteiger partial charge in [-0.1, -0.05) is 13.0 Å². The molecular formula is C15H21N3O2S. The molecule has 2 amide bonds. The van der Waals surface area contributed by atoms with Crippen LogP contribution in [0.4, 0.5) is 5.69 Å². The van der Waals surface area contributed by atoms with E-state index in [1.807, 2.05) is 6.92 Å². The summed E-state index contributed by atoms with van der Waals surface area (Å²) in [5.74, 6) is 1.66. The molecule has 0 aliphatic carbocycles. The van der Waals surface area contributed by atoms with Gasteiger partial charge in [0.25, 0.3) is 5.91 Å². The second-order valence-electron chi connectivity index (χ2n) is 4.91. The molecule has 1 aromatic rings. The molecule has 5 nitrogen and oxygen atoms in total. The molecule has 6 heteroatoms. The molecule has 0 aromatic heterocycles. The fraction of sp³-hybridized carbons (Fsp3) is 0.467. The molecule has 21 heavy (non-hydrogen) atoms. The Kier molecular flexibility index (Phi) is 6.07. The second-order valence-corrected chi connectivity index (χ2v) is 6.06. The van der Waals surface area contributed by atoms with Crippen molar-refractivity contribution in [2.45, 2.75) is 19.4 Å². The van der Waals surface area contributed by atoms with Crippen molar-refractivity contribution >= 4 is 29.3 Å². The summed E-state index contributed by atoms with van der Waals surface area (Å²) < 4.78 is 0. The highest BCUT2D eigenvalue weighted by molar-refractivity contribution is 7.99. The van der Waals surface area contributed by atoms with E-state index in [2.05, 4.69) is 16.0 Å². The van der Waals surface area contributed by atoms with E-state index in [-0.39, 0.29) is 17.9 Å². The van der Waals surface area contributed by atoms with E-state index in [4.69, 9.17) is 0 Å². The van der Waals surface area contributed by atoms with Crippen LogP contribution in [0.2, 0.25) is 0 Å². The van der Waals surface area contributed by atoms with Crippen molar-refractivity contribution in [2.24, 2.45) is 0 Å². The fourth-order valence-electron chi connectivity index (χ4n) is 2.04. The quantitative estimate of drug-likeness (QED) is 0.770. The zero-order chi connectivity index (χ0) is 15.1. The Hall–Kier alpha value is -1.53. The molecule has 1 aliphatic rings. The number of carbonyl (C=O) groups is 2. The first kappa shape index (κ1) is 15.9. The van der Waals surface area contributed by atoms with Crippen LogP contribution in [0.3, 0.4) is 0 Å². The molecule has 1 atom stereocenters. The molecule has 0 saturated carbocycles. The third kappa shape index (κ3) is 4.75. The maximum Gasteiger partial charge on any atom is 0.251 e. The minimum absolute atomic E-state index is 0.0479. The number of benzene rings is 1. The van der Waals surface area contributed by atoms with Crippen molar-refractivity contribution in [3.05, 3.63) is 29.8 Å². The average Bonchev–Trinajstić information content (AvgIpc) is 2.53. The van der Waals surface area contributed by atoms with Gasteiger partial charge in [0.2, 0.25) is 5.91 Å². The largest absolute Gasteiger partial charge is 0.352 e. The summed E-state index contributed by atoms with van der Waals surface area (Å²) in [5, 5.41) is 8.89. The molecule has 3 N–H and O–H groups in total. The van der Waals surface area contributed by atoms with Crippen LogP contribution in [0.25, 0.3) is 0 Å². The topological polar surface area (TPSA) is 70.2 Å². The Bertz CT molecular complexity index is 501. The molecule has 1 saturated heterocycles. The van der Waals surface area contributed by atoms with Crippen LogP contribution in [0.1, 0.15) is 23.7 Å². The molecule has 0 bridgehead atoms. The maximum atomic E-state index is 12.1. The van der Waals surface area contributed by atoms with Crippen LogP contribution in [0, 0.1) is 0 Å². The Morgan fingerprint density at radius 1 is 1.43 bits per heavy atom. The summed E-state index contributed by atoms with van der Waals surface area (Å²) >= 11 is 1.77. The van der Waals surface area contributed by atoms with E-state index in [1.165, 1.54) is 0 Å². The molecule has 1 unspecified atom stereocenters. The van der Waals surface area contributed by atoms with Crippen LogP contribution in [0.5, 0.6) is 0 Å². The molecule has 2 rings (SSSR count).